The van der Waals surface area contributed by atoms with Crippen molar-refractivity contribution in [1.29, 1.82) is 0 Å². The SMILES string of the molecule is CCOc1cc(C=C2SC(=O)N(Cc3ccccc3[N+](=O)[O-])C2=O)cc(Cl)c1OCc1ccccc1. The van der Waals surface area contributed by atoms with Gasteiger partial charge < -0.3 is 9.47 Å². The normalized spacial score (nSPS) is 14.4. The predicted octanol–water partition coefficient (Wildman–Crippen LogP) is 6.46. The molecule has 0 N–H and O–H groups in total. The van der Waals surface area contributed by atoms with E-state index in [9.17, 15) is 19.7 Å². The summed E-state index contributed by atoms with van der Waals surface area (Å²) >= 11 is 7.26. The van der Waals surface area contributed by atoms with Crippen molar-refractivity contribution in [2.24, 2.45) is 0 Å². The van der Waals surface area contributed by atoms with Crippen LogP contribution in [0.3, 0.4) is 0 Å². The lowest BCUT2D eigenvalue weighted by atomic mass is 10.1. The number of amides is 2. The van der Waals surface area contributed by atoms with Gasteiger partial charge in [0.2, 0.25) is 0 Å². The lowest BCUT2D eigenvalue weighted by molar-refractivity contribution is -0.385. The number of carbonyl (C=O) groups is 2. The van der Waals surface area contributed by atoms with Gasteiger partial charge in [0.1, 0.15) is 6.61 Å². The molecule has 3 aromatic rings. The van der Waals surface area contributed by atoms with Crippen LogP contribution in [0.2, 0.25) is 5.02 Å². The van der Waals surface area contributed by atoms with E-state index in [0.29, 0.717) is 35.3 Å². The van der Waals surface area contributed by atoms with Crippen molar-refractivity contribution in [1.82, 2.24) is 4.90 Å². The molecule has 0 radical (unpaired) electrons. The van der Waals surface area contributed by atoms with Crippen molar-refractivity contribution < 1.29 is 24.0 Å². The number of halogens is 1. The largest absolute Gasteiger partial charge is 0.490 e. The molecule has 36 heavy (non-hydrogen) atoms. The molecule has 1 heterocycles. The Balaban J connectivity index is 1.57. The predicted molar refractivity (Wildman–Crippen MR) is 138 cm³/mol. The molecule has 8 nitrogen and oxygen atoms in total. The molecule has 10 heteroatoms. The van der Waals surface area contributed by atoms with Crippen molar-refractivity contribution in [3.8, 4) is 11.5 Å². The zero-order valence-electron chi connectivity index (χ0n) is 19.2. The highest BCUT2D eigenvalue weighted by Gasteiger charge is 2.36. The smallest absolute Gasteiger partial charge is 0.293 e. The number of rotatable bonds is 9. The Morgan fingerprint density at radius 2 is 1.78 bits per heavy atom. The molecule has 1 aliphatic heterocycles. The van der Waals surface area contributed by atoms with E-state index in [1.807, 2.05) is 37.3 Å². The maximum atomic E-state index is 13.0. The van der Waals surface area contributed by atoms with Gasteiger partial charge in [0.05, 0.1) is 28.0 Å². The summed E-state index contributed by atoms with van der Waals surface area (Å²) < 4.78 is 11.6. The second-order valence-electron chi connectivity index (χ2n) is 7.69. The minimum absolute atomic E-state index is 0.153. The fourth-order valence-electron chi connectivity index (χ4n) is 3.58. The van der Waals surface area contributed by atoms with Gasteiger partial charge in [-0.25, -0.2) is 0 Å². The van der Waals surface area contributed by atoms with Crippen LogP contribution >= 0.6 is 23.4 Å². The van der Waals surface area contributed by atoms with Gasteiger partial charge in [0.25, 0.3) is 16.8 Å². The second kappa shape index (κ2) is 11.3. The molecule has 2 amide bonds. The van der Waals surface area contributed by atoms with Crippen LogP contribution in [0.25, 0.3) is 6.08 Å². The lowest BCUT2D eigenvalue weighted by Gasteiger charge is -2.15. The van der Waals surface area contributed by atoms with Crippen LogP contribution < -0.4 is 9.47 Å². The van der Waals surface area contributed by atoms with E-state index in [1.54, 1.807) is 24.3 Å². The van der Waals surface area contributed by atoms with E-state index in [0.717, 1.165) is 22.2 Å². The van der Waals surface area contributed by atoms with E-state index in [4.69, 9.17) is 21.1 Å². The molecule has 1 aliphatic rings. The highest BCUT2D eigenvalue weighted by molar-refractivity contribution is 8.18. The van der Waals surface area contributed by atoms with Gasteiger partial charge in [0.15, 0.2) is 11.5 Å². The van der Waals surface area contributed by atoms with Gasteiger partial charge >= 0.3 is 0 Å². The first-order valence-corrected chi connectivity index (χ1v) is 12.2. The summed E-state index contributed by atoms with van der Waals surface area (Å²) in [6.07, 6.45) is 1.54. The molecule has 184 valence electrons. The summed E-state index contributed by atoms with van der Waals surface area (Å²) in [6.45, 7) is 2.30. The minimum atomic E-state index is -0.540. The number of ether oxygens (including phenoxy) is 2. The number of thioether (sulfide) groups is 1. The summed E-state index contributed by atoms with van der Waals surface area (Å²) in [5, 5.41) is 11.1. The van der Waals surface area contributed by atoms with Crippen LogP contribution in [0.1, 0.15) is 23.6 Å². The van der Waals surface area contributed by atoms with Gasteiger partial charge in [-0.3, -0.25) is 24.6 Å². The van der Waals surface area contributed by atoms with E-state index < -0.39 is 16.1 Å². The van der Waals surface area contributed by atoms with Gasteiger partial charge in [0, 0.05) is 11.6 Å². The topological polar surface area (TPSA) is 99.0 Å². The van der Waals surface area contributed by atoms with Gasteiger partial charge in [-0.1, -0.05) is 60.1 Å². The van der Waals surface area contributed by atoms with Crippen molar-refractivity contribution in [3.05, 3.63) is 103 Å². The number of hydrogen-bond acceptors (Lipinski definition) is 7. The van der Waals surface area contributed by atoms with Crippen LogP contribution in [0.5, 0.6) is 11.5 Å². The van der Waals surface area contributed by atoms with Crippen molar-refractivity contribution in [2.75, 3.05) is 6.61 Å². The highest BCUT2D eigenvalue weighted by Crippen LogP contribution is 2.40. The van der Waals surface area contributed by atoms with Crippen molar-refractivity contribution >= 4 is 46.3 Å². The van der Waals surface area contributed by atoms with Crippen molar-refractivity contribution in [2.45, 2.75) is 20.1 Å². The molecule has 4 rings (SSSR count). The summed E-state index contributed by atoms with van der Waals surface area (Å²) in [4.78, 5) is 37.5. The number of para-hydroxylation sites is 1. The molecule has 0 atom stereocenters. The zero-order valence-corrected chi connectivity index (χ0v) is 20.8. The molecule has 1 fully saturated rings. The third kappa shape index (κ3) is 5.69. The average Bonchev–Trinajstić information content (AvgIpc) is 3.12. The highest BCUT2D eigenvalue weighted by atomic mass is 35.5. The third-order valence-corrected chi connectivity index (χ3v) is 6.43. The summed E-state index contributed by atoms with van der Waals surface area (Å²) in [7, 11) is 0. The van der Waals surface area contributed by atoms with E-state index >= 15 is 0 Å². The number of nitrogens with zero attached hydrogens (tertiary/aromatic N) is 2. The first-order valence-electron chi connectivity index (χ1n) is 11.0. The second-order valence-corrected chi connectivity index (χ2v) is 9.09. The van der Waals surface area contributed by atoms with E-state index in [1.165, 1.54) is 18.2 Å². The van der Waals surface area contributed by atoms with E-state index in [2.05, 4.69) is 0 Å². The molecular formula is C26H21ClN2O6S. The Labute approximate surface area is 216 Å². The van der Waals surface area contributed by atoms with Crippen LogP contribution in [0, 0.1) is 10.1 Å². The number of carbonyl (C=O) groups excluding carboxylic acids is 2. The molecule has 0 spiro atoms. The number of hydrogen-bond donors (Lipinski definition) is 0. The molecule has 3 aromatic carbocycles. The van der Waals surface area contributed by atoms with Gasteiger partial charge in [-0.2, -0.15) is 0 Å². The van der Waals surface area contributed by atoms with Gasteiger partial charge in [-0.15, -0.1) is 0 Å². The van der Waals surface area contributed by atoms with Crippen LogP contribution in [0.4, 0.5) is 10.5 Å². The molecule has 0 saturated carbocycles. The third-order valence-electron chi connectivity index (χ3n) is 5.25. The summed E-state index contributed by atoms with van der Waals surface area (Å²) in [6, 6.07) is 18.9. The molecule has 0 aromatic heterocycles. The van der Waals surface area contributed by atoms with Crippen LogP contribution in [-0.4, -0.2) is 27.6 Å². The number of nitro benzene ring substituents is 1. The van der Waals surface area contributed by atoms with Crippen LogP contribution in [0.15, 0.2) is 71.6 Å². The Morgan fingerprint density at radius 3 is 2.50 bits per heavy atom. The number of nitro groups is 1. The summed E-state index contributed by atoms with van der Waals surface area (Å²) in [5.74, 6) is 0.247. The first kappa shape index (κ1) is 25.3. The maximum absolute atomic E-state index is 13.0. The summed E-state index contributed by atoms with van der Waals surface area (Å²) in [5.41, 5.74) is 1.63. The lowest BCUT2D eigenvalue weighted by Crippen LogP contribution is -2.27. The zero-order chi connectivity index (χ0) is 25.7. The minimum Gasteiger partial charge on any atom is -0.490 e. The standard InChI is InChI=1S/C26H21ClN2O6S/c1-2-34-22-13-18(12-20(27)24(22)35-16-17-8-4-3-5-9-17)14-23-25(30)28(26(31)36-23)15-19-10-6-7-11-21(19)29(32)33/h3-14H,2,15-16H2,1H3. The molecule has 1 saturated heterocycles. The van der Waals surface area contributed by atoms with E-state index in [-0.39, 0.29) is 22.7 Å². The maximum Gasteiger partial charge on any atom is 0.293 e. The monoisotopic (exact) mass is 524 g/mol. The number of imide groups is 1. The quantitative estimate of drug-likeness (QED) is 0.180. The molecule has 0 aliphatic carbocycles. The van der Waals surface area contributed by atoms with Crippen molar-refractivity contribution in [3.63, 3.8) is 0 Å². The number of benzene rings is 3. The Bertz CT molecular complexity index is 1350. The Hall–Kier alpha value is -3.82. The average molecular weight is 525 g/mol. The fraction of sp³-hybridized carbons (Fsp3) is 0.154. The first-order chi connectivity index (χ1) is 17.4. The Morgan fingerprint density at radius 1 is 1.06 bits per heavy atom. The molecule has 0 unspecified atom stereocenters. The van der Waals surface area contributed by atoms with Gasteiger partial charge in [-0.05, 0) is 48.0 Å². The Kier molecular flexibility index (Phi) is 7.92. The molecular weight excluding hydrogens is 504 g/mol. The molecule has 0 bridgehead atoms. The fourth-order valence-corrected chi connectivity index (χ4v) is 4.70. The van der Waals surface area contributed by atoms with Crippen LogP contribution in [-0.2, 0) is 17.9 Å².